The zero-order chi connectivity index (χ0) is 13.0. The molecule has 1 aromatic heterocycles. The number of hydrogen-bond donors (Lipinski definition) is 2. The largest absolute Gasteiger partial charge is 0.478 e. The summed E-state index contributed by atoms with van der Waals surface area (Å²) < 4.78 is 11.6. The molecular formula is C10H13BrN2O3S. The van der Waals surface area contributed by atoms with Crippen molar-refractivity contribution in [1.29, 1.82) is 0 Å². The first kappa shape index (κ1) is 14.1. The molecule has 0 aromatic carbocycles. The molecule has 94 valence electrons. The number of carboxylic acid groups (broad SMARTS) is 1. The fourth-order valence-electron chi connectivity index (χ4n) is 1.34. The van der Waals surface area contributed by atoms with Gasteiger partial charge in [-0.15, -0.1) is 0 Å². The van der Waals surface area contributed by atoms with Gasteiger partial charge in [0.1, 0.15) is 11.4 Å². The number of pyridine rings is 1. The monoisotopic (exact) mass is 320 g/mol. The lowest BCUT2D eigenvalue weighted by Crippen LogP contribution is -2.24. The van der Waals surface area contributed by atoms with Gasteiger partial charge in [-0.25, -0.2) is 9.78 Å². The number of nitrogens with one attached hydrogen (secondary N) is 1. The first-order valence-electron chi connectivity index (χ1n) is 4.85. The summed E-state index contributed by atoms with van der Waals surface area (Å²) in [7, 11) is -0.938. The molecule has 0 saturated heterocycles. The lowest BCUT2D eigenvalue weighted by molar-refractivity contribution is 0.0697. The number of anilines is 1. The van der Waals surface area contributed by atoms with Crippen LogP contribution in [0.5, 0.6) is 0 Å². The van der Waals surface area contributed by atoms with E-state index in [0.29, 0.717) is 16.0 Å². The van der Waals surface area contributed by atoms with Gasteiger partial charge in [0.15, 0.2) is 0 Å². The summed E-state index contributed by atoms with van der Waals surface area (Å²) in [6.07, 6.45) is 3.12. The van der Waals surface area contributed by atoms with Crippen molar-refractivity contribution >= 4 is 38.5 Å². The van der Waals surface area contributed by atoms with Gasteiger partial charge in [-0.3, -0.25) is 4.21 Å². The Labute approximate surface area is 110 Å². The zero-order valence-electron chi connectivity index (χ0n) is 9.44. The van der Waals surface area contributed by atoms with E-state index in [4.69, 9.17) is 5.11 Å². The topological polar surface area (TPSA) is 79.3 Å². The molecule has 2 N–H and O–H groups in total. The first-order chi connectivity index (χ1) is 7.90. The summed E-state index contributed by atoms with van der Waals surface area (Å²) in [6.45, 7) is 1.83. The lowest BCUT2D eigenvalue weighted by atomic mass is 10.2. The molecule has 0 fully saturated rings. The Morgan fingerprint density at radius 2 is 2.35 bits per heavy atom. The van der Waals surface area contributed by atoms with Crippen LogP contribution in [0, 0.1) is 0 Å². The van der Waals surface area contributed by atoms with Crippen LogP contribution in [-0.2, 0) is 10.8 Å². The highest BCUT2D eigenvalue weighted by Gasteiger charge is 2.14. The van der Waals surface area contributed by atoms with Crippen molar-refractivity contribution in [2.45, 2.75) is 13.0 Å². The first-order valence-corrected chi connectivity index (χ1v) is 7.37. The molecule has 0 aliphatic rings. The van der Waals surface area contributed by atoms with Gasteiger partial charge in [-0.2, -0.15) is 0 Å². The standard InChI is InChI=1S/C10H13BrN2O3S/c1-6(5-17(2)16)13-9-8(10(14)15)3-7(11)4-12-9/h3-4,6H,5H2,1-2H3,(H,12,13)(H,14,15). The second-order valence-corrected chi connectivity index (χ2v) is 6.04. The average Bonchev–Trinajstić information content (AvgIpc) is 2.19. The van der Waals surface area contributed by atoms with E-state index in [-0.39, 0.29) is 11.6 Å². The summed E-state index contributed by atoms with van der Waals surface area (Å²) in [4.78, 5) is 15.0. The number of nitrogens with zero attached hydrogens (tertiary/aromatic N) is 1. The van der Waals surface area contributed by atoms with Gasteiger partial charge in [0.05, 0.1) is 0 Å². The number of aromatic nitrogens is 1. The number of halogens is 1. The Morgan fingerprint density at radius 1 is 1.71 bits per heavy atom. The Balaban J connectivity index is 2.90. The molecule has 0 radical (unpaired) electrons. The van der Waals surface area contributed by atoms with Gasteiger partial charge >= 0.3 is 5.97 Å². The maximum atomic E-state index is 11.0. The molecular weight excluding hydrogens is 308 g/mol. The minimum atomic E-state index is -1.05. The van der Waals surface area contributed by atoms with Crippen LogP contribution in [0.15, 0.2) is 16.7 Å². The highest BCUT2D eigenvalue weighted by atomic mass is 79.9. The molecule has 0 aliphatic heterocycles. The normalized spacial score (nSPS) is 14.1. The van der Waals surface area contributed by atoms with Crippen LogP contribution in [0.25, 0.3) is 0 Å². The van der Waals surface area contributed by atoms with Crippen LogP contribution in [0.4, 0.5) is 5.82 Å². The Hall–Kier alpha value is -0.950. The van der Waals surface area contributed by atoms with Gasteiger partial charge in [0, 0.05) is 39.5 Å². The summed E-state index contributed by atoms with van der Waals surface area (Å²) in [5.74, 6) is -0.318. The molecule has 1 aromatic rings. The molecule has 0 saturated carbocycles. The average molecular weight is 321 g/mol. The van der Waals surface area contributed by atoms with Crippen molar-refractivity contribution in [2.75, 3.05) is 17.3 Å². The van der Waals surface area contributed by atoms with Crippen molar-refractivity contribution in [2.24, 2.45) is 0 Å². The van der Waals surface area contributed by atoms with Gasteiger partial charge < -0.3 is 10.4 Å². The van der Waals surface area contributed by atoms with Crippen LogP contribution < -0.4 is 5.32 Å². The third kappa shape index (κ3) is 4.43. The SMILES string of the molecule is CC(CS(C)=O)Nc1ncc(Br)cc1C(=O)O. The van der Waals surface area contributed by atoms with Crippen LogP contribution in [0.2, 0.25) is 0 Å². The van der Waals surface area contributed by atoms with Crippen molar-refractivity contribution in [3.63, 3.8) is 0 Å². The molecule has 0 spiro atoms. The maximum Gasteiger partial charge on any atom is 0.339 e. The Kier molecular flexibility index (Phi) is 5.07. The molecule has 17 heavy (non-hydrogen) atoms. The van der Waals surface area contributed by atoms with Crippen molar-refractivity contribution in [1.82, 2.24) is 4.98 Å². The fraction of sp³-hybridized carbons (Fsp3) is 0.400. The quantitative estimate of drug-likeness (QED) is 0.863. The molecule has 0 aliphatic carbocycles. The predicted octanol–water partition coefficient (Wildman–Crippen LogP) is 1.72. The van der Waals surface area contributed by atoms with Crippen LogP contribution in [-0.4, -0.2) is 38.3 Å². The van der Waals surface area contributed by atoms with E-state index in [1.165, 1.54) is 12.3 Å². The molecule has 1 rings (SSSR count). The van der Waals surface area contributed by atoms with Crippen molar-refractivity contribution in [3.05, 3.63) is 22.3 Å². The summed E-state index contributed by atoms with van der Waals surface area (Å²) in [5.41, 5.74) is 0.0908. The van der Waals surface area contributed by atoms with E-state index in [2.05, 4.69) is 26.2 Å². The summed E-state index contributed by atoms with van der Waals surface area (Å²) >= 11 is 3.17. The van der Waals surface area contributed by atoms with E-state index in [1.807, 2.05) is 6.92 Å². The highest BCUT2D eigenvalue weighted by Crippen LogP contribution is 2.18. The van der Waals surface area contributed by atoms with Crippen LogP contribution in [0.1, 0.15) is 17.3 Å². The number of hydrogen-bond acceptors (Lipinski definition) is 4. The smallest absolute Gasteiger partial charge is 0.339 e. The Morgan fingerprint density at radius 3 is 2.88 bits per heavy atom. The summed E-state index contributed by atoms with van der Waals surface area (Å²) in [6, 6.07) is 1.38. The second-order valence-electron chi connectivity index (χ2n) is 3.64. The van der Waals surface area contributed by atoms with Crippen molar-refractivity contribution < 1.29 is 14.1 Å². The van der Waals surface area contributed by atoms with Gasteiger partial charge in [0.2, 0.25) is 0 Å². The van der Waals surface area contributed by atoms with Gasteiger partial charge in [0.25, 0.3) is 0 Å². The van der Waals surface area contributed by atoms with Crippen molar-refractivity contribution in [3.8, 4) is 0 Å². The minimum absolute atomic E-state index is 0.0908. The number of rotatable bonds is 5. The zero-order valence-corrected chi connectivity index (χ0v) is 11.8. The van der Waals surface area contributed by atoms with E-state index in [1.54, 1.807) is 6.26 Å². The molecule has 2 atom stereocenters. The molecule has 2 unspecified atom stereocenters. The molecule has 0 amide bonds. The Bertz CT molecular complexity index is 453. The fourth-order valence-corrected chi connectivity index (χ4v) is 2.46. The highest BCUT2D eigenvalue weighted by molar-refractivity contribution is 9.10. The maximum absolute atomic E-state index is 11.0. The number of aromatic carboxylic acids is 1. The van der Waals surface area contributed by atoms with Crippen LogP contribution >= 0.6 is 15.9 Å². The molecule has 7 heteroatoms. The minimum Gasteiger partial charge on any atom is -0.478 e. The van der Waals surface area contributed by atoms with E-state index >= 15 is 0 Å². The number of carbonyl (C=O) groups is 1. The summed E-state index contributed by atoms with van der Waals surface area (Å²) in [5, 5.41) is 12.0. The second kappa shape index (κ2) is 6.11. The van der Waals surface area contributed by atoms with Gasteiger partial charge in [-0.1, -0.05) is 0 Å². The third-order valence-electron chi connectivity index (χ3n) is 1.95. The third-order valence-corrected chi connectivity index (χ3v) is 3.36. The molecule has 1 heterocycles. The number of carboxylic acids is 1. The van der Waals surface area contributed by atoms with E-state index < -0.39 is 16.8 Å². The molecule has 0 bridgehead atoms. The molecule has 5 nitrogen and oxygen atoms in total. The lowest BCUT2D eigenvalue weighted by Gasteiger charge is -2.14. The predicted molar refractivity (Wildman–Crippen MR) is 70.9 cm³/mol. The van der Waals surface area contributed by atoms with Crippen LogP contribution in [0.3, 0.4) is 0 Å². The van der Waals surface area contributed by atoms with E-state index in [9.17, 15) is 9.00 Å². The van der Waals surface area contributed by atoms with E-state index in [0.717, 1.165) is 0 Å². The van der Waals surface area contributed by atoms with Gasteiger partial charge in [-0.05, 0) is 28.9 Å².